The first kappa shape index (κ1) is 19.4. The molecule has 3 rings (SSSR count). The molecule has 0 radical (unpaired) electrons. The number of carbonyl (C=O) groups is 1. The Morgan fingerprint density at radius 1 is 1.19 bits per heavy atom. The zero-order chi connectivity index (χ0) is 19.1. The molecule has 2 unspecified atom stereocenters. The predicted molar refractivity (Wildman–Crippen MR) is 99.8 cm³/mol. The molecule has 1 aromatic carbocycles. The second-order valence-corrected chi connectivity index (χ2v) is 6.67. The number of hydrogen-bond donors (Lipinski definition) is 2. The van der Waals surface area contributed by atoms with Crippen LogP contribution in [0.3, 0.4) is 0 Å². The van der Waals surface area contributed by atoms with Gasteiger partial charge in [0.15, 0.2) is 0 Å². The predicted octanol–water partition coefficient (Wildman–Crippen LogP) is 1.88. The number of carbonyl (C=O) groups excluding carboxylic acids is 1. The Morgan fingerprint density at radius 3 is 2.52 bits per heavy atom. The molecule has 0 spiro atoms. The van der Waals surface area contributed by atoms with Crippen LogP contribution in [0, 0.1) is 11.7 Å². The summed E-state index contributed by atoms with van der Waals surface area (Å²) in [6, 6.07) is 10.1. The highest BCUT2D eigenvalue weighted by molar-refractivity contribution is 5.76. The van der Waals surface area contributed by atoms with Gasteiger partial charge in [0, 0.05) is 44.5 Å². The summed E-state index contributed by atoms with van der Waals surface area (Å²) in [7, 11) is 0. The molecule has 6 nitrogen and oxygen atoms in total. The number of esters is 1. The van der Waals surface area contributed by atoms with Gasteiger partial charge in [0.25, 0.3) is 0 Å². The van der Waals surface area contributed by atoms with Crippen molar-refractivity contribution in [1.82, 2.24) is 20.7 Å². The molecule has 1 aliphatic heterocycles. The Kier molecular flexibility index (Phi) is 6.86. The van der Waals surface area contributed by atoms with E-state index >= 15 is 0 Å². The van der Waals surface area contributed by atoms with Gasteiger partial charge >= 0.3 is 5.97 Å². The molecule has 27 heavy (non-hydrogen) atoms. The lowest BCUT2D eigenvalue weighted by Gasteiger charge is -2.27. The average molecular weight is 372 g/mol. The molecule has 0 amide bonds. The number of aromatic nitrogens is 1. The van der Waals surface area contributed by atoms with E-state index in [1.807, 2.05) is 12.1 Å². The van der Waals surface area contributed by atoms with Crippen LogP contribution in [-0.2, 0) is 22.6 Å². The molecule has 1 aromatic heterocycles. The van der Waals surface area contributed by atoms with E-state index in [1.54, 1.807) is 31.5 Å². The number of benzene rings is 1. The lowest BCUT2D eigenvalue weighted by molar-refractivity contribution is -0.146. The molecule has 0 bridgehead atoms. The fourth-order valence-electron chi connectivity index (χ4n) is 3.30. The normalized spacial score (nSPS) is 19.4. The Balaban J connectivity index is 1.72. The monoisotopic (exact) mass is 372 g/mol. The van der Waals surface area contributed by atoms with Crippen LogP contribution in [0.25, 0.3) is 0 Å². The number of nitrogens with one attached hydrogen (secondary N) is 2. The number of nitrogens with zero attached hydrogens (tertiary/aromatic N) is 2. The van der Waals surface area contributed by atoms with Crippen LogP contribution in [-0.4, -0.2) is 41.6 Å². The molecule has 2 atom stereocenters. The highest BCUT2D eigenvalue weighted by atomic mass is 19.1. The third-order valence-electron chi connectivity index (χ3n) is 4.60. The van der Waals surface area contributed by atoms with Crippen molar-refractivity contribution in [2.45, 2.75) is 26.1 Å². The van der Waals surface area contributed by atoms with E-state index in [0.717, 1.165) is 11.1 Å². The summed E-state index contributed by atoms with van der Waals surface area (Å²) in [4.78, 5) is 18.5. The molecule has 1 aliphatic rings. The number of rotatable bonds is 8. The highest BCUT2D eigenvalue weighted by Crippen LogP contribution is 2.17. The van der Waals surface area contributed by atoms with Crippen molar-refractivity contribution < 1.29 is 13.9 Å². The second-order valence-electron chi connectivity index (χ2n) is 6.67. The maximum Gasteiger partial charge on any atom is 0.324 e. The van der Waals surface area contributed by atoms with E-state index in [1.165, 1.54) is 12.1 Å². The van der Waals surface area contributed by atoms with Crippen molar-refractivity contribution in [3.8, 4) is 0 Å². The molecule has 2 aromatic rings. The summed E-state index contributed by atoms with van der Waals surface area (Å²) >= 11 is 0. The molecule has 1 saturated heterocycles. The summed E-state index contributed by atoms with van der Waals surface area (Å²) in [5.41, 5.74) is 8.25. The van der Waals surface area contributed by atoms with Gasteiger partial charge in [0.1, 0.15) is 11.9 Å². The molecule has 0 aliphatic carbocycles. The van der Waals surface area contributed by atoms with E-state index in [-0.39, 0.29) is 23.7 Å². The minimum atomic E-state index is -0.377. The third-order valence-corrected chi connectivity index (χ3v) is 4.60. The molecular weight excluding hydrogens is 347 g/mol. The zero-order valence-electron chi connectivity index (χ0n) is 15.4. The second kappa shape index (κ2) is 9.55. The van der Waals surface area contributed by atoms with Gasteiger partial charge in [0.2, 0.25) is 0 Å². The number of hydrogen-bond acceptors (Lipinski definition) is 6. The average Bonchev–Trinajstić information content (AvgIpc) is 3.13. The summed E-state index contributed by atoms with van der Waals surface area (Å²) in [6.07, 6.45) is 3.54. The zero-order valence-corrected chi connectivity index (χ0v) is 15.4. The minimum absolute atomic E-state index is 0.0753. The van der Waals surface area contributed by atoms with Crippen LogP contribution >= 0.6 is 0 Å². The first-order valence-electron chi connectivity index (χ1n) is 9.16. The third kappa shape index (κ3) is 5.56. The number of pyridine rings is 1. The minimum Gasteiger partial charge on any atom is -0.465 e. The molecule has 144 valence electrons. The maximum absolute atomic E-state index is 13.2. The SMILES string of the molecule is CCOC(=O)C1NNCC1CN(Cc1ccncc1)Cc1ccc(F)cc1. The maximum atomic E-state index is 13.2. The quantitative estimate of drug-likeness (QED) is 0.690. The molecule has 0 saturated carbocycles. The topological polar surface area (TPSA) is 66.5 Å². The van der Waals surface area contributed by atoms with Gasteiger partial charge in [-0.3, -0.25) is 20.1 Å². The molecular formula is C20H25FN4O2. The van der Waals surface area contributed by atoms with Crippen LogP contribution in [0.4, 0.5) is 4.39 Å². The van der Waals surface area contributed by atoms with Crippen molar-refractivity contribution in [3.05, 3.63) is 65.7 Å². The first-order chi connectivity index (χ1) is 13.2. The van der Waals surface area contributed by atoms with E-state index < -0.39 is 0 Å². The van der Waals surface area contributed by atoms with Gasteiger partial charge < -0.3 is 4.74 Å². The van der Waals surface area contributed by atoms with Crippen LogP contribution < -0.4 is 10.9 Å². The largest absolute Gasteiger partial charge is 0.465 e. The van der Waals surface area contributed by atoms with Crippen molar-refractivity contribution in [2.24, 2.45) is 5.92 Å². The first-order valence-corrected chi connectivity index (χ1v) is 9.16. The Hall–Kier alpha value is -2.35. The smallest absolute Gasteiger partial charge is 0.324 e. The van der Waals surface area contributed by atoms with Crippen LogP contribution in [0.2, 0.25) is 0 Å². The Morgan fingerprint density at radius 2 is 1.85 bits per heavy atom. The van der Waals surface area contributed by atoms with Crippen molar-refractivity contribution in [3.63, 3.8) is 0 Å². The van der Waals surface area contributed by atoms with Gasteiger partial charge in [-0.1, -0.05) is 12.1 Å². The standard InChI is InChI=1S/C20H25FN4O2/c1-2-27-20(26)19-17(11-23-24-19)14-25(13-16-7-9-22-10-8-16)12-15-3-5-18(21)6-4-15/h3-10,17,19,23-24H,2,11-14H2,1H3. The molecule has 7 heteroatoms. The van der Waals surface area contributed by atoms with Gasteiger partial charge in [-0.05, 0) is 42.3 Å². The van der Waals surface area contributed by atoms with E-state index in [0.29, 0.717) is 32.8 Å². The highest BCUT2D eigenvalue weighted by Gasteiger charge is 2.35. The fourth-order valence-corrected chi connectivity index (χ4v) is 3.30. The van der Waals surface area contributed by atoms with Gasteiger partial charge in [-0.15, -0.1) is 0 Å². The van der Waals surface area contributed by atoms with Gasteiger partial charge in [-0.2, -0.15) is 0 Å². The number of hydrazine groups is 1. The molecule has 2 heterocycles. The van der Waals surface area contributed by atoms with Crippen LogP contribution in [0.15, 0.2) is 48.8 Å². The van der Waals surface area contributed by atoms with Gasteiger partial charge in [-0.25, -0.2) is 9.82 Å². The fraction of sp³-hybridized carbons (Fsp3) is 0.400. The van der Waals surface area contributed by atoms with Crippen molar-refractivity contribution >= 4 is 5.97 Å². The number of halogens is 1. The summed E-state index contributed by atoms with van der Waals surface area (Å²) < 4.78 is 18.4. The lowest BCUT2D eigenvalue weighted by atomic mass is 10.0. The Bertz CT molecular complexity index is 727. The lowest BCUT2D eigenvalue weighted by Crippen LogP contribution is -2.43. The summed E-state index contributed by atoms with van der Waals surface area (Å²) in [5, 5.41) is 0. The van der Waals surface area contributed by atoms with E-state index in [2.05, 4.69) is 20.7 Å². The number of ether oxygens (including phenoxy) is 1. The Labute approximate surface area is 158 Å². The molecule has 1 fully saturated rings. The summed E-state index contributed by atoms with van der Waals surface area (Å²) in [6.45, 7) is 4.92. The summed E-state index contributed by atoms with van der Waals surface area (Å²) in [5.74, 6) is -0.407. The molecule has 2 N–H and O–H groups in total. The van der Waals surface area contributed by atoms with Crippen molar-refractivity contribution in [1.29, 1.82) is 0 Å². The van der Waals surface area contributed by atoms with Gasteiger partial charge in [0.05, 0.1) is 6.61 Å². The van der Waals surface area contributed by atoms with E-state index in [4.69, 9.17) is 4.74 Å². The van der Waals surface area contributed by atoms with E-state index in [9.17, 15) is 9.18 Å². The van der Waals surface area contributed by atoms with Crippen LogP contribution in [0.1, 0.15) is 18.1 Å². The van der Waals surface area contributed by atoms with Crippen LogP contribution in [0.5, 0.6) is 0 Å². The van der Waals surface area contributed by atoms with Crippen molar-refractivity contribution in [2.75, 3.05) is 19.7 Å².